The molecular formula is C12H2F10N2. The fraction of sp³-hybridized carbons (Fsp3) is 0.333. The van der Waals surface area contributed by atoms with E-state index in [1.807, 2.05) is 0 Å². The molecule has 1 aromatic rings. The second kappa shape index (κ2) is 5.54. The zero-order valence-electron chi connectivity index (χ0n) is 10.8. The molecule has 0 amide bonds. The summed E-state index contributed by atoms with van der Waals surface area (Å²) in [6.45, 7) is 0. The van der Waals surface area contributed by atoms with Gasteiger partial charge in [0, 0.05) is 11.1 Å². The minimum Gasteiger partial charge on any atom is -0.192 e. The Bertz CT molecular complexity index is 671. The first-order chi connectivity index (χ1) is 10.6. The lowest BCUT2D eigenvalue weighted by molar-refractivity contribution is -0.292. The highest BCUT2D eigenvalue weighted by molar-refractivity contribution is 5.53. The Labute approximate surface area is 126 Å². The van der Waals surface area contributed by atoms with E-state index in [2.05, 4.69) is 0 Å². The molecule has 1 aromatic carbocycles. The maximum absolute atomic E-state index is 13.3. The van der Waals surface area contributed by atoms with Crippen LogP contribution in [0.4, 0.5) is 43.9 Å². The first kappa shape index (κ1) is 19.5. The van der Waals surface area contributed by atoms with Crippen LogP contribution in [0.25, 0.3) is 0 Å². The second-order valence-electron chi connectivity index (χ2n) is 4.31. The molecule has 0 unspecified atom stereocenters. The molecule has 130 valence electrons. The molecule has 0 fully saturated rings. The third kappa shape index (κ3) is 2.96. The van der Waals surface area contributed by atoms with E-state index in [0.29, 0.717) is 0 Å². The van der Waals surface area contributed by atoms with Gasteiger partial charge in [0.15, 0.2) is 0 Å². The first-order valence-electron chi connectivity index (χ1n) is 5.49. The van der Waals surface area contributed by atoms with Crippen molar-refractivity contribution >= 4 is 0 Å². The largest absolute Gasteiger partial charge is 0.458 e. The SMILES string of the molecule is N#Cc1cc(C#N)c(C(F)(F)C(F)(F)F)cc1C(F)(F)C(F)(F)F. The average molecular weight is 364 g/mol. The van der Waals surface area contributed by atoms with Gasteiger partial charge in [-0.15, -0.1) is 0 Å². The molecular weight excluding hydrogens is 362 g/mol. The molecule has 0 radical (unpaired) electrons. The summed E-state index contributed by atoms with van der Waals surface area (Å²) >= 11 is 0. The van der Waals surface area contributed by atoms with Crippen LogP contribution in [-0.2, 0) is 11.8 Å². The molecule has 0 spiro atoms. The number of hydrogen-bond donors (Lipinski definition) is 0. The summed E-state index contributed by atoms with van der Waals surface area (Å²) in [6, 6.07) is 0.619. The van der Waals surface area contributed by atoms with Crippen molar-refractivity contribution in [3.8, 4) is 12.1 Å². The van der Waals surface area contributed by atoms with E-state index in [1.54, 1.807) is 0 Å². The number of alkyl halides is 10. The first-order valence-corrected chi connectivity index (χ1v) is 5.49. The summed E-state index contributed by atoms with van der Waals surface area (Å²) in [6.07, 6.45) is -12.7. The topological polar surface area (TPSA) is 47.6 Å². The summed E-state index contributed by atoms with van der Waals surface area (Å²) in [5.74, 6) is -11.8. The molecule has 0 bridgehead atoms. The minimum absolute atomic E-state index is 0.177. The Morgan fingerprint density at radius 3 is 1.08 bits per heavy atom. The third-order valence-electron chi connectivity index (χ3n) is 2.79. The van der Waals surface area contributed by atoms with Gasteiger partial charge < -0.3 is 0 Å². The molecule has 0 N–H and O–H groups in total. The van der Waals surface area contributed by atoms with Crippen molar-refractivity contribution < 1.29 is 43.9 Å². The van der Waals surface area contributed by atoms with Crippen molar-refractivity contribution in [3.63, 3.8) is 0 Å². The molecule has 0 saturated carbocycles. The van der Waals surface area contributed by atoms with Gasteiger partial charge in [0.2, 0.25) is 0 Å². The lowest BCUT2D eigenvalue weighted by Gasteiger charge is -2.25. The maximum Gasteiger partial charge on any atom is 0.458 e. The molecule has 12 heteroatoms. The molecule has 0 aliphatic rings. The molecule has 2 nitrogen and oxygen atoms in total. The molecule has 1 rings (SSSR count). The van der Waals surface area contributed by atoms with Gasteiger partial charge >= 0.3 is 24.2 Å². The molecule has 0 aliphatic carbocycles. The van der Waals surface area contributed by atoms with Crippen LogP contribution in [0.1, 0.15) is 22.3 Å². The van der Waals surface area contributed by atoms with Crippen molar-refractivity contribution in [3.05, 3.63) is 34.4 Å². The molecule has 0 aromatic heterocycles. The van der Waals surface area contributed by atoms with Crippen LogP contribution in [0.5, 0.6) is 0 Å². The number of nitrogens with zero attached hydrogens (tertiary/aromatic N) is 2. The van der Waals surface area contributed by atoms with Crippen LogP contribution in [-0.4, -0.2) is 12.4 Å². The lowest BCUT2D eigenvalue weighted by Crippen LogP contribution is -2.37. The fourth-order valence-electron chi connectivity index (χ4n) is 1.61. The van der Waals surface area contributed by atoms with Crippen LogP contribution in [0.15, 0.2) is 12.1 Å². The highest BCUT2D eigenvalue weighted by atomic mass is 19.4. The Balaban J connectivity index is 3.89. The van der Waals surface area contributed by atoms with Crippen molar-refractivity contribution in [1.29, 1.82) is 10.5 Å². The molecule has 0 saturated heterocycles. The van der Waals surface area contributed by atoms with Crippen LogP contribution < -0.4 is 0 Å². The van der Waals surface area contributed by atoms with Gasteiger partial charge in [-0.25, -0.2) is 0 Å². The second-order valence-corrected chi connectivity index (χ2v) is 4.31. The van der Waals surface area contributed by atoms with E-state index >= 15 is 0 Å². The van der Waals surface area contributed by atoms with E-state index in [1.165, 1.54) is 0 Å². The van der Waals surface area contributed by atoms with Crippen molar-refractivity contribution in [2.45, 2.75) is 24.2 Å². The van der Waals surface area contributed by atoms with E-state index < -0.39 is 52.5 Å². The Kier molecular flexibility index (Phi) is 4.51. The fourth-order valence-corrected chi connectivity index (χ4v) is 1.61. The van der Waals surface area contributed by atoms with Crippen LogP contribution in [0, 0.1) is 22.7 Å². The summed E-state index contributed by atoms with van der Waals surface area (Å²) < 4.78 is 127. The smallest absolute Gasteiger partial charge is 0.192 e. The number of nitriles is 2. The molecule has 24 heavy (non-hydrogen) atoms. The lowest BCUT2D eigenvalue weighted by atomic mass is 9.92. The Hall–Kier alpha value is -2.50. The van der Waals surface area contributed by atoms with Gasteiger partial charge in [-0.2, -0.15) is 54.4 Å². The van der Waals surface area contributed by atoms with E-state index in [-0.39, 0.29) is 6.07 Å². The zero-order chi connectivity index (χ0) is 19.1. The molecule has 0 heterocycles. The number of rotatable bonds is 2. The van der Waals surface area contributed by atoms with Crippen molar-refractivity contribution in [1.82, 2.24) is 0 Å². The van der Waals surface area contributed by atoms with Gasteiger partial charge in [-0.1, -0.05) is 0 Å². The number of benzene rings is 1. The normalized spacial score (nSPS) is 13.3. The van der Waals surface area contributed by atoms with E-state index in [0.717, 1.165) is 12.1 Å². The standard InChI is InChI=1S/C12H2F10N2/c13-9(14,11(17,18)19)7-2-8(10(15,16)12(20,21)22)6(4-24)1-5(7)3-23/h1-2H. The van der Waals surface area contributed by atoms with Crippen LogP contribution in [0.3, 0.4) is 0 Å². The zero-order valence-corrected chi connectivity index (χ0v) is 10.8. The number of halogens is 10. The molecule has 0 atom stereocenters. The quantitative estimate of drug-likeness (QED) is 0.712. The predicted molar refractivity (Wildman–Crippen MR) is 55.8 cm³/mol. The Morgan fingerprint density at radius 1 is 0.583 bits per heavy atom. The average Bonchev–Trinajstić information content (AvgIpc) is 2.43. The molecule has 0 aliphatic heterocycles. The van der Waals surface area contributed by atoms with Crippen molar-refractivity contribution in [2.75, 3.05) is 0 Å². The van der Waals surface area contributed by atoms with Gasteiger partial charge in [-0.3, -0.25) is 0 Å². The predicted octanol–water partition coefficient (Wildman–Crippen LogP) is 4.74. The van der Waals surface area contributed by atoms with Crippen LogP contribution >= 0.6 is 0 Å². The highest BCUT2D eigenvalue weighted by Gasteiger charge is 2.63. The summed E-state index contributed by atoms with van der Waals surface area (Å²) in [5, 5.41) is 17.1. The van der Waals surface area contributed by atoms with Gasteiger partial charge in [-0.05, 0) is 12.1 Å². The maximum atomic E-state index is 13.3. The minimum atomic E-state index is -6.36. The summed E-state index contributed by atoms with van der Waals surface area (Å²) in [7, 11) is 0. The number of hydrogen-bond acceptors (Lipinski definition) is 2. The summed E-state index contributed by atoms with van der Waals surface area (Å²) in [4.78, 5) is 0. The summed E-state index contributed by atoms with van der Waals surface area (Å²) in [5.41, 5.74) is -7.93. The van der Waals surface area contributed by atoms with E-state index in [9.17, 15) is 43.9 Å². The van der Waals surface area contributed by atoms with Gasteiger partial charge in [0.1, 0.15) is 0 Å². The third-order valence-corrected chi connectivity index (χ3v) is 2.79. The van der Waals surface area contributed by atoms with Crippen LogP contribution in [0.2, 0.25) is 0 Å². The van der Waals surface area contributed by atoms with Gasteiger partial charge in [0.25, 0.3) is 0 Å². The van der Waals surface area contributed by atoms with Crippen molar-refractivity contribution in [2.24, 2.45) is 0 Å². The Morgan fingerprint density at radius 2 is 0.875 bits per heavy atom. The van der Waals surface area contributed by atoms with E-state index in [4.69, 9.17) is 10.5 Å². The van der Waals surface area contributed by atoms with Gasteiger partial charge in [0.05, 0.1) is 23.3 Å². The highest BCUT2D eigenvalue weighted by Crippen LogP contribution is 2.49. The monoisotopic (exact) mass is 364 g/mol.